The van der Waals surface area contributed by atoms with Gasteiger partial charge in [0.15, 0.2) is 0 Å². The second kappa shape index (κ2) is 14.3. The Labute approximate surface area is 121 Å². The van der Waals surface area contributed by atoms with E-state index in [2.05, 4.69) is 25.8 Å². The van der Waals surface area contributed by atoms with E-state index in [1.165, 1.54) is 51.6 Å². The van der Waals surface area contributed by atoms with Crippen LogP contribution in [0.2, 0.25) is 0 Å². The Morgan fingerprint density at radius 1 is 0.895 bits per heavy atom. The van der Waals surface area contributed by atoms with Crippen molar-refractivity contribution in [3.63, 3.8) is 0 Å². The molecule has 0 saturated heterocycles. The first-order valence-corrected chi connectivity index (χ1v) is 7.95. The van der Waals surface area contributed by atoms with Gasteiger partial charge in [0.25, 0.3) is 0 Å². The lowest BCUT2D eigenvalue weighted by Gasteiger charge is -2.16. The minimum atomic E-state index is -0.861. The molecule has 0 bridgehead atoms. The third kappa shape index (κ3) is 17.9. The van der Waals surface area contributed by atoms with Crippen LogP contribution >= 0.6 is 0 Å². The van der Waals surface area contributed by atoms with Crippen LogP contribution in [0, 0.1) is 0 Å². The fraction of sp³-hybridized carbons (Fsp3) is 1.00. The maximum Gasteiger partial charge on any atom is 0.0846 e. The van der Waals surface area contributed by atoms with Gasteiger partial charge in [-0.2, -0.15) is 0 Å². The smallest absolute Gasteiger partial charge is 0.0846 e. The van der Waals surface area contributed by atoms with Crippen molar-refractivity contribution in [3.05, 3.63) is 0 Å². The van der Waals surface area contributed by atoms with E-state index in [1.54, 1.807) is 6.92 Å². The minimum Gasteiger partial charge on any atom is -0.393 e. The standard InChI is InChI=1S/C11H25N.C5H12O2/c1-4-6-8-10-12(3)11-9-7-5-2;1-3-5(2,7)4-6/h4-11H2,1-3H3;6-7H,3-4H2,1-2H3. The molecule has 0 heterocycles. The van der Waals surface area contributed by atoms with Crippen molar-refractivity contribution in [2.45, 2.75) is 78.2 Å². The fourth-order valence-corrected chi connectivity index (χ4v) is 1.49. The molecule has 0 fully saturated rings. The van der Waals surface area contributed by atoms with Crippen molar-refractivity contribution in [3.8, 4) is 0 Å². The molecular weight excluding hydrogens is 238 g/mol. The Morgan fingerprint density at radius 2 is 1.32 bits per heavy atom. The summed E-state index contributed by atoms with van der Waals surface area (Å²) in [7, 11) is 2.24. The van der Waals surface area contributed by atoms with E-state index >= 15 is 0 Å². The van der Waals surface area contributed by atoms with Crippen LogP contribution in [0.1, 0.15) is 72.6 Å². The molecule has 0 rings (SSSR count). The zero-order valence-electron chi connectivity index (χ0n) is 13.9. The molecule has 0 aromatic rings. The van der Waals surface area contributed by atoms with E-state index in [-0.39, 0.29) is 6.61 Å². The van der Waals surface area contributed by atoms with Gasteiger partial charge in [0.2, 0.25) is 0 Å². The monoisotopic (exact) mass is 275 g/mol. The summed E-state index contributed by atoms with van der Waals surface area (Å²) in [4.78, 5) is 2.46. The third-order valence-corrected chi connectivity index (χ3v) is 3.39. The largest absolute Gasteiger partial charge is 0.393 e. The predicted molar refractivity (Wildman–Crippen MR) is 84.5 cm³/mol. The van der Waals surface area contributed by atoms with Crippen LogP contribution in [0.5, 0.6) is 0 Å². The van der Waals surface area contributed by atoms with Crippen LogP contribution in [0.3, 0.4) is 0 Å². The average Bonchev–Trinajstić information content (AvgIpc) is 2.40. The highest BCUT2D eigenvalue weighted by Crippen LogP contribution is 2.04. The molecule has 0 aromatic carbocycles. The maximum atomic E-state index is 8.88. The van der Waals surface area contributed by atoms with E-state index in [1.807, 2.05) is 6.92 Å². The highest BCUT2D eigenvalue weighted by atomic mass is 16.3. The Bertz CT molecular complexity index is 156. The lowest BCUT2D eigenvalue weighted by molar-refractivity contribution is -0.00107. The van der Waals surface area contributed by atoms with Gasteiger partial charge in [-0.25, -0.2) is 0 Å². The van der Waals surface area contributed by atoms with Crippen LogP contribution in [0.25, 0.3) is 0 Å². The molecule has 0 spiro atoms. The number of unbranched alkanes of at least 4 members (excludes halogenated alkanes) is 4. The minimum absolute atomic E-state index is 0.149. The Kier molecular flexibility index (Phi) is 15.9. The highest BCUT2D eigenvalue weighted by Gasteiger charge is 2.13. The lowest BCUT2D eigenvalue weighted by Crippen LogP contribution is -2.27. The summed E-state index contributed by atoms with van der Waals surface area (Å²) in [5.74, 6) is 0. The topological polar surface area (TPSA) is 43.7 Å². The summed E-state index contributed by atoms with van der Waals surface area (Å²) in [5.41, 5.74) is -0.861. The summed E-state index contributed by atoms with van der Waals surface area (Å²) >= 11 is 0. The van der Waals surface area contributed by atoms with Crippen LogP contribution in [-0.2, 0) is 0 Å². The molecule has 19 heavy (non-hydrogen) atoms. The molecule has 0 amide bonds. The number of nitrogens with zero attached hydrogens (tertiary/aromatic N) is 1. The van der Waals surface area contributed by atoms with Crippen molar-refractivity contribution in [1.29, 1.82) is 0 Å². The van der Waals surface area contributed by atoms with E-state index in [0.29, 0.717) is 6.42 Å². The molecule has 0 radical (unpaired) electrons. The molecule has 3 heteroatoms. The second-order valence-corrected chi connectivity index (χ2v) is 5.73. The van der Waals surface area contributed by atoms with E-state index in [9.17, 15) is 0 Å². The summed E-state index contributed by atoms with van der Waals surface area (Å²) in [5, 5.41) is 17.2. The molecule has 3 nitrogen and oxygen atoms in total. The number of hydrogen-bond acceptors (Lipinski definition) is 3. The van der Waals surface area contributed by atoms with Gasteiger partial charge >= 0.3 is 0 Å². The molecule has 0 aliphatic heterocycles. The van der Waals surface area contributed by atoms with Crippen molar-refractivity contribution in [1.82, 2.24) is 4.90 Å². The Balaban J connectivity index is 0. The van der Waals surface area contributed by atoms with Gasteiger partial charge in [-0.05, 0) is 46.3 Å². The quantitative estimate of drug-likeness (QED) is 0.600. The number of rotatable bonds is 10. The fourth-order valence-electron chi connectivity index (χ4n) is 1.49. The molecule has 1 unspecified atom stereocenters. The zero-order chi connectivity index (χ0) is 15.1. The average molecular weight is 275 g/mol. The van der Waals surface area contributed by atoms with Crippen LogP contribution in [0.15, 0.2) is 0 Å². The van der Waals surface area contributed by atoms with Gasteiger partial charge in [-0.15, -0.1) is 0 Å². The lowest BCUT2D eigenvalue weighted by atomic mass is 10.1. The highest BCUT2D eigenvalue weighted by molar-refractivity contribution is 4.66. The summed E-state index contributed by atoms with van der Waals surface area (Å²) in [6, 6.07) is 0. The van der Waals surface area contributed by atoms with Gasteiger partial charge in [0.05, 0.1) is 12.2 Å². The van der Waals surface area contributed by atoms with E-state index in [4.69, 9.17) is 10.2 Å². The van der Waals surface area contributed by atoms with Gasteiger partial charge in [0, 0.05) is 0 Å². The van der Waals surface area contributed by atoms with Crippen molar-refractivity contribution in [2.75, 3.05) is 26.7 Å². The summed E-state index contributed by atoms with van der Waals surface area (Å²) in [6.45, 7) is 10.4. The molecule has 2 N–H and O–H groups in total. The van der Waals surface area contributed by atoms with Crippen molar-refractivity contribution >= 4 is 0 Å². The molecular formula is C16H37NO2. The predicted octanol–water partition coefficient (Wildman–Crippen LogP) is 3.44. The Morgan fingerprint density at radius 3 is 1.53 bits per heavy atom. The number of aliphatic hydroxyl groups is 2. The van der Waals surface area contributed by atoms with Gasteiger partial charge in [0.1, 0.15) is 0 Å². The third-order valence-electron chi connectivity index (χ3n) is 3.39. The second-order valence-electron chi connectivity index (χ2n) is 5.73. The maximum absolute atomic E-state index is 8.88. The first-order valence-electron chi connectivity index (χ1n) is 7.95. The Hall–Kier alpha value is -0.120. The van der Waals surface area contributed by atoms with Gasteiger partial charge in [-0.3, -0.25) is 0 Å². The van der Waals surface area contributed by atoms with Crippen LogP contribution in [0.4, 0.5) is 0 Å². The molecule has 0 aliphatic rings. The number of aliphatic hydroxyl groups excluding tert-OH is 1. The van der Waals surface area contributed by atoms with Gasteiger partial charge < -0.3 is 15.1 Å². The molecule has 0 aromatic heterocycles. The summed E-state index contributed by atoms with van der Waals surface area (Å²) < 4.78 is 0. The summed E-state index contributed by atoms with van der Waals surface area (Å²) in [6.07, 6.45) is 8.80. The molecule has 1 atom stereocenters. The molecule has 118 valence electrons. The first kappa shape index (κ1) is 21.2. The van der Waals surface area contributed by atoms with Crippen molar-refractivity contribution < 1.29 is 10.2 Å². The van der Waals surface area contributed by atoms with Crippen LogP contribution in [-0.4, -0.2) is 47.5 Å². The molecule has 0 aliphatic carbocycles. The van der Waals surface area contributed by atoms with Crippen molar-refractivity contribution in [2.24, 2.45) is 0 Å². The molecule has 0 saturated carbocycles. The number of hydrogen-bond donors (Lipinski definition) is 2. The van der Waals surface area contributed by atoms with Crippen LogP contribution < -0.4 is 0 Å². The van der Waals surface area contributed by atoms with Gasteiger partial charge in [-0.1, -0.05) is 46.5 Å². The first-order chi connectivity index (χ1) is 8.93. The normalized spacial score (nSPS) is 13.9. The SMILES string of the molecule is CCC(C)(O)CO.CCCCCN(C)CCCCC. The zero-order valence-corrected chi connectivity index (χ0v) is 13.9. The van der Waals surface area contributed by atoms with E-state index < -0.39 is 5.60 Å². The van der Waals surface area contributed by atoms with E-state index in [0.717, 1.165) is 0 Å².